The Balaban J connectivity index is 2.51. The van der Waals surface area contributed by atoms with Gasteiger partial charge in [-0.15, -0.1) is 0 Å². The topological polar surface area (TPSA) is 52.6 Å². The lowest BCUT2D eigenvalue weighted by Crippen LogP contribution is -2.08. The maximum absolute atomic E-state index is 10.7. The first-order valence-electron chi connectivity index (χ1n) is 4.79. The van der Waals surface area contributed by atoms with Crippen molar-refractivity contribution in [1.82, 2.24) is 0 Å². The molecule has 0 atom stereocenters. The van der Waals surface area contributed by atoms with E-state index in [0.717, 1.165) is 0 Å². The molecular formula is C10H13ClO4S. The van der Waals surface area contributed by atoms with Crippen LogP contribution >= 0.6 is 10.7 Å². The predicted molar refractivity (Wildman–Crippen MR) is 62.7 cm³/mol. The third-order valence-corrected chi connectivity index (χ3v) is 2.83. The molecule has 0 saturated carbocycles. The molecule has 0 amide bonds. The van der Waals surface area contributed by atoms with E-state index >= 15 is 0 Å². The zero-order valence-electron chi connectivity index (χ0n) is 8.85. The summed E-state index contributed by atoms with van der Waals surface area (Å²) >= 11 is 0. The van der Waals surface area contributed by atoms with Gasteiger partial charge in [-0.3, -0.25) is 0 Å². The highest BCUT2D eigenvalue weighted by atomic mass is 35.7. The molecular weight excluding hydrogens is 252 g/mol. The average Bonchev–Trinajstić information content (AvgIpc) is 2.17. The highest BCUT2D eigenvalue weighted by Gasteiger charge is 2.05. The lowest BCUT2D eigenvalue weighted by Gasteiger charge is -2.07. The van der Waals surface area contributed by atoms with E-state index in [2.05, 4.69) is 0 Å². The molecule has 16 heavy (non-hydrogen) atoms. The van der Waals surface area contributed by atoms with E-state index in [1.165, 1.54) is 0 Å². The number of ether oxygens (including phenoxy) is 2. The van der Waals surface area contributed by atoms with Crippen molar-refractivity contribution < 1.29 is 17.9 Å². The molecule has 0 aliphatic rings. The first-order chi connectivity index (χ1) is 7.51. The van der Waals surface area contributed by atoms with Crippen molar-refractivity contribution in [1.29, 1.82) is 0 Å². The van der Waals surface area contributed by atoms with Crippen LogP contribution < -0.4 is 9.47 Å². The molecule has 0 heterocycles. The van der Waals surface area contributed by atoms with Crippen LogP contribution in [0, 0.1) is 0 Å². The van der Waals surface area contributed by atoms with Gasteiger partial charge in [0.1, 0.15) is 18.1 Å². The third kappa shape index (κ3) is 5.23. The van der Waals surface area contributed by atoms with Crippen LogP contribution in [0.15, 0.2) is 24.3 Å². The van der Waals surface area contributed by atoms with Gasteiger partial charge in [0.2, 0.25) is 9.05 Å². The lowest BCUT2D eigenvalue weighted by molar-refractivity contribution is 0.324. The Morgan fingerprint density at radius 2 is 1.88 bits per heavy atom. The third-order valence-electron chi connectivity index (χ3n) is 1.71. The summed E-state index contributed by atoms with van der Waals surface area (Å²) in [5.41, 5.74) is 0. The van der Waals surface area contributed by atoms with E-state index in [4.69, 9.17) is 20.2 Å². The van der Waals surface area contributed by atoms with Crippen LogP contribution in [0.4, 0.5) is 0 Å². The summed E-state index contributed by atoms with van der Waals surface area (Å²) in [5.74, 6) is 1.04. The number of hydrogen-bond acceptors (Lipinski definition) is 4. The first-order valence-corrected chi connectivity index (χ1v) is 7.27. The van der Waals surface area contributed by atoms with Crippen LogP contribution in [0.3, 0.4) is 0 Å². The molecule has 0 aliphatic carbocycles. The maximum Gasteiger partial charge on any atom is 0.235 e. The first kappa shape index (κ1) is 13.1. The lowest BCUT2D eigenvalue weighted by atomic mass is 10.3. The van der Waals surface area contributed by atoms with Gasteiger partial charge < -0.3 is 9.47 Å². The minimum absolute atomic E-state index is 0.0292. The average molecular weight is 265 g/mol. The molecule has 0 N–H and O–H groups in total. The molecule has 0 spiro atoms. The van der Waals surface area contributed by atoms with Crippen LogP contribution in [-0.2, 0) is 9.05 Å². The Morgan fingerprint density at radius 3 is 2.44 bits per heavy atom. The van der Waals surface area contributed by atoms with Gasteiger partial charge in [-0.05, 0) is 19.1 Å². The van der Waals surface area contributed by atoms with Gasteiger partial charge in [0.05, 0.1) is 12.4 Å². The monoisotopic (exact) mass is 264 g/mol. The Kier molecular flexibility index (Phi) is 4.89. The molecule has 4 nitrogen and oxygen atoms in total. The Hall–Kier alpha value is -0.940. The summed E-state index contributed by atoms with van der Waals surface area (Å²) in [6.45, 7) is 2.48. The van der Waals surface area contributed by atoms with Gasteiger partial charge in [-0.25, -0.2) is 8.42 Å². The smallest absolute Gasteiger partial charge is 0.235 e. The van der Waals surface area contributed by atoms with E-state index in [9.17, 15) is 8.42 Å². The van der Waals surface area contributed by atoms with Crippen LogP contribution in [0.1, 0.15) is 6.92 Å². The quantitative estimate of drug-likeness (QED) is 0.738. The number of benzene rings is 1. The van der Waals surface area contributed by atoms with Crippen LogP contribution in [0.2, 0.25) is 0 Å². The number of hydrogen-bond donors (Lipinski definition) is 0. The summed E-state index contributed by atoms with van der Waals surface area (Å²) in [5, 5.41) is 0. The van der Waals surface area contributed by atoms with Crippen molar-refractivity contribution in [3.8, 4) is 11.5 Å². The van der Waals surface area contributed by atoms with Gasteiger partial charge >= 0.3 is 0 Å². The molecule has 0 bridgehead atoms. The zero-order valence-corrected chi connectivity index (χ0v) is 10.4. The fraction of sp³-hybridized carbons (Fsp3) is 0.400. The van der Waals surface area contributed by atoms with Crippen molar-refractivity contribution in [2.75, 3.05) is 19.0 Å². The molecule has 1 aromatic carbocycles. The van der Waals surface area contributed by atoms with Gasteiger partial charge in [0.25, 0.3) is 0 Å². The Labute approximate surface area is 99.6 Å². The number of rotatable bonds is 6. The SMILES string of the molecule is CCOc1cccc(OCCS(=O)(=O)Cl)c1. The molecule has 1 rings (SSSR count). The fourth-order valence-electron chi connectivity index (χ4n) is 1.08. The highest BCUT2D eigenvalue weighted by molar-refractivity contribution is 8.13. The molecule has 0 fully saturated rings. The van der Waals surface area contributed by atoms with Gasteiger partial charge in [0.15, 0.2) is 0 Å². The molecule has 0 saturated heterocycles. The molecule has 90 valence electrons. The largest absolute Gasteiger partial charge is 0.494 e. The number of halogens is 1. The van der Waals surface area contributed by atoms with Gasteiger partial charge in [-0.2, -0.15) is 0 Å². The summed E-state index contributed by atoms with van der Waals surface area (Å²) in [6, 6.07) is 7.00. The van der Waals surface area contributed by atoms with Crippen molar-refractivity contribution >= 4 is 19.7 Å². The van der Waals surface area contributed by atoms with Crippen molar-refractivity contribution in [2.24, 2.45) is 0 Å². The fourth-order valence-corrected chi connectivity index (χ4v) is 1.55. The standard InChI is InChI=1S/C10H13ClO4S/c1-2-14-9-4-3-5-10(8-9)15-6-7-16(11,12)13/h3-5,8H,2,6-7H2,1H3. The van der Waals surface area contributed by atoms with E-state index in [-0.39, 0.29) is 12.4 Å². The molecule has 0 unspecified atom stereocenters. The van der Waals surface area contributed by atoms with Gasteiger partial charge in [-0.1, -0.05) is 6.07 Å². The van der Waals surface area contributed by atoms with Crippen LogP contribution in [0.25, 0.3) is 0 Å². The summed E-state index contributed by atoms with van der Waals surface area (Å²) < 4.78 is 31.8. The van der Waals surface area contributed by atoms with Crippen molar-refractivity contribution in [3.63, 3.8) is 0 Å². The van der Waals surface area contributed by atoms with Crippen LogP contribution in [-0.4, -0.2) is 27.4 Å². The minimum atomic E-state index is -3.50. The van der Waals surface area contributed by atoms with E-state index < -0.39 is 9.05 Å². The molecule has 0 radical (unpaired) electrons. The van der Waals surface area contributed by atoms with Crippen molar-refractivity contribution in [2.45, 2.75) is 6.92 Å². The van der Waals surface area contributed by atoms with E-state index in [1.54, 1.807) is 24.3 Å². The summed E-state index contributed by atoms with van der Waals surface area (Å²) in [6.07, 6.45) is 0. The normalized spacial score (nSPS) is 11.1. The molecule has 1 aromatic rings. The zero-order chi connectivity index (χ0) is 12.0. The van der Waals surface area contributed by atoms with E-state index in [0.29, 0.717) is 18.1 Å². The minimum Gasteiger partial charge on any atom is -0.494 e. The summed E-state index contributed by atoms with van der Waals surface area (Å²) in [4.78, 5) is 0. The maximum atomic E-state index is 10.7. The van der Waals surface area contributed by atoms with Crippen molar-refractivity contribution in [3.05, 3.63) is 24.3 Å². The molecule has 0 aliphatic heterocycles. The van der Waals surface area contributed by atoms with Gasteiger partial charge in [0, 0.05) is 16.7 Å². The Bertz CT molecular complexity index is 430. The predicted octanol–water partition coefficient (Wildman–Crippen LogP) is 2.03. The van der Waals surface area contributed by atoms with E-state index in [1.807, 2.05) is 6.92 Å². The Morgan fingerprint density at radius 1 is 1.25 bits per heavy atom. The summed E-state index contributed by atoms with van der Waals surface area (Å²) in [7, 11) is 1.55. The highest BCUT2D eigenvalue weighted by Crippen LogP contribution is 2.19. The molecule has 0 aromatic heterocycles. The molecule has 6 heteroatoms. The van der Waals surface area contributed by atoms with Crippen LogP contribution in [0.5, 0.6) is 11.5 Å². The second-order valence-corrected chi connectivity index (χ2v) is 5.90. The second kappa shape index (κ2) is 5.96. The second-order valence-electron chi connectivity index (χ2n) is 3.00.